The van der Waals surface area contributed by atoms with Crippen molar-refractivity contribution < 1.29 is 28.5 Å². The standard InChI is InChI=1S/C11H15NO6S/c1-6-3-9(14)8(11(15)16)4-10(6)19(17,18)12-7(2)5-13/h3-4,7,12-14H,5H2,1-2H3,(H,15,16)/t7-/m1/s1. The van der Waals surface area contributed by atoms with Crippen LogP contribution in [0.4, 0.5) is 0 Å². The Kier molecular flexibility index (Phi) is 4.51. The number of nitrogens with one attached hydrogen (secondary N) is 1. The quantitative estimate of drug-likeness (QED) is 0.607. The molecule has 1 atom stereocenters. The number of hydrogen-bond donors (Lipinski definition) is 4. The number of carboxylic acid groups (broad SMARTS) is 1. The summed E-state index contributed by atoms with van der Waals surface area (Å²) in [5.74, 6) is -1.93. The van der Waals surface area contributed by atoms with Gasteiger partial charge in [0.25, 0.3) is 0 Å². The second kappa shape index (κ2) is 5.55. The molecule has 1 rings (SSSR count). The predicted octanol–water partition coefficient (Wildman–Crippen LogP) is 0.0579. The number of benzene rings is 1. The van der Waals surface area contributed by atoms with Gasteiger partial charge in [0.15, 0.2) is 0 Å². The first kappa shape index (κ1) is 15.4. The molecule has 0 saturated carbocycles. The molecule has 0 aliphatic heterocycles. The maximum Gasteiger partial charge on any atom is 0.339 e. The Hall–Kier alpha value is -1.64. The molecule has 0 aromatic heterocycles. The topological polar surface area (TPSA) is 124 Å². The van der Waals surface area contributed by atoms with E-state index in [4.69, 9.17) is 10.2 Å². The molecule has 0 bridgehead atoms. The molecule has 106 valence electrons. The van der Waals surface area contributed by atoms with Gasteiger partial charge >= 0.3 is 5.97 Å². The van der Waals surface area contributed by atoms with E-state index in [0.29, 0.717) is 0 Å². The fourth-order valence-corrected chi connectivity index (χ4v) is 2.99. The first-order chi connectivity index (χ1) is 8.69. The Bertz CT molecular complexity index is 595. The molecule has 8 heteroatoms. The van der Waals surface area contributed by atoms with E-state index in [9.17, 15) is 18.3 Å². The number of sulfonamides is 1. The van der Waals surface area contributed by atoms with Crippen molar-refractivity contribution in [3.05, 3.63) is 23.3 Å². The molecule has 0 unspecified atom stereocenters. The number of carbonyl (C=O) groups is 1. The summed E-state index contributed by atoms with van der Waals surface area (Å²) < 4.78 is 26.2. The lowest BCUT2D eigenvalue weighted by Gasteiger charge is -2.14. The molecule has 0 aliphatic carbocycles. The van der Waals surface area contributed by atoms with E-state index in [-0.39, 0.29) is 17.1 Å². The van der Waals surface area contributed by atoms with Crippen LogP contribution < -0.4 is 4.72 Å². The van der Waals surface area contributed by atoms with Crippen molar-refractivity contribution in [2.45, 2.75) is 24.8 Å². The van der Waals surface area contributed by atoms with Crippen LogP contribution in [0.25, 0.3) is 0 Å². The van der Waals surface area contributed by atoms with Crippen molar-refractivity contribution in [2.75, 3.05) is 6.61 Å². The molecule has 0 spiro atoms. The molecule has 0 fully saturated rings. The highest BCUT2D eigenvalue weighted by atomic mass is 32.2. The number of carboxylic acids is 1. The number of aromatic hydroxyl groups is 1. The fourth-order valence-electron chi connectivity index (χ4n) is 1.50. The normalized spacial score (nSPS) is 13.2. The van der Waals surface area contributed by atoms with E-state index < -0.39 is 33.3 Å². The molecular formula is C11H15NO6S. The molecule has 0 heterocycles. The number of aryl methyl sites for hydroxylation is 1. The Balaban J connectivity index is 3.34. The Morgan fingerprint density at radius 2 is 2.00 bits per heavy atom. The zero-order valence-electron chi connectivity index (χ0n) is 10.4. The van der Waals surface area contributed by atoms with E-state index >= 15 is 0 Å². The van der Waals surface area contributed by atoms with E-state index in [1.165, 1.54) is 13.8 Å². The van der Waals surface area contributed by atoms with Gasteiger partial charge in [-0.2, -0.15) is 0 Å². The van der Waals surface area contributed by atoms with Crippen LogP contribution in [0, 0.1) is 6.92 Å². The molecule has 0 amide bonds. The molecule has 0 aliphatic rings. The number of hydrogen-bond acceptors (Lipinski definition) is 5. The van der Waals surface area contributed by atoms with Gasteiger partial charge < -0.3 is 15.3 Å². The highest BCUT2D eigenvalue weighted by Crippen LogP contribution is 2.25. The highest BCUT2D eigenvalue weighted by Gasteiger charge is 2.23. The van der Waals surface area contributed by atoms with Crippen LogP contribution in [0.1, 0.15) is 22.8 Å². The second-order valence-electron chi connectivity index (χ2n) is 4.14. The van der Waals surface area contributed by atoms with E-state index in [1.807, 2.05) is 0 Å². The third-order valence-electron chi connectivity index (χ3n) is 2.44. The minimum Gasteiger partial charge on any atom is -0.507 e. The minimum absolute atomic E-state index is 0.208. The maximum atomic E-state index is 12.0. The summed E-state index contributed by atoms with van der Waals surface area (Å²) in [5, 5.41) is 27.1. The van der Waals surface area contributed by atoms with Crippen LogP contribution in [0.15, 0.2) is 17.0 Å². The van der Waals surface area contributed by atoms with E-state index in [2.05, 4.69) is 4.72 Å². The summed E-state index contributed by atoms with van der Waals surface area (Å²) >= 11 is 0. The van der Waals surface area contributed by atoms with Crippen LogP contribution in [0.3, 0.4) is 0 Å². The SMILES string of the molecule is Cc1cc(O)c(C(=O)O)cc1S(=O)(=O)N[C@H](C)CO. The summed E-state index contributed by atoms with van der Waals surface area (Å²) in [5.41, 5.74) is -0.289. The highest BCUT2D eigenvalue weighted by molar-refractivity contribution is 7.89. The van der Waals surface area contributed by atoms with Crippen molar-refractivity contribution in [3.63, 3.8) is 0 Å². The largest absolute Gasteiger partial charge is 0.507 e. The first-order valence-corrected chi connectivity index (χ1v) is 6.87. The third-order valence-corrected chi connectivity index (χ3v) is 4.17. The van der Waals surface area contributed by atoms with Crippen molar-refractivity contribution in [1.82, 2.24) is 4.72 Å². The predicted molar refractivity (Wildman–Crippen MR) is 66.7 cm³/mol. The fraction of sp³-hybridized carbons (Fsp3) is 0.364. The summed E-state index contributed by atoms with van der Waals surface area (Å²) in [6.07, 6.45) is 0. The van der Waals surface area contributed by atoms with E-state index in [0.717, 1.165) is 12.1 Å². The van der Waals surface area contributed by atoms with Crippen LogP contribution in [0.5, 0.6) is 5.75 Å². The van der Waals surface area contributed by atoms with Gasteiger partial charge in [-0.15, -0.1) is 0 Å². The molecule has 7 nitrogen and oxygen atoms in total. The monoisotopic (exact) mass is 289 g/mol. The molecule has 0 saturated heterocycles. The van der Waals surface area contributed by atoms with Crippen LogP contribution >= 0.6 is 0 Å². The van der Waals surface area contributed by atoms with E-state index in [1.54, 1.807) is 0 Å². The van der Waals surface area contributed by atoms with Crippen molar-refractivity contribution >= 4 is 16.0 Å². The van der Waals surface area contributed by atoms with Crippen LogP contribution in [-0.4, -0.2) is 42.4 Å². The summed E-state index contributed by atoms with van der Waals surface area (Å²) in [7, 11) is -3.96. The lowest BCUT2D eigenvalue weighted by Crippen LogP contribution is -2.35. The molecular weight excluding hydrogens is 274 g/mol. The van der Waals surface area contributed by atoms with Gasteiger partial charge in [0.05, 0.1) is 11.5 Å². The van der Waals surface area contributed by atoms with Crippen LogP contribution in [0.2, 0.25) is 0 Å². The molecule has 19 heavy (non-hydrogen) atoms. The van der Waals surface area contributed by atoms with Gasteiger partial charge in [0.2, 0.25) is 10.0 Å². The second-order valence-corrected chi connectivity index (χ2v) is 5.83. The Morgan fingerprint density at radius 3 is 2.47 bits per heavy atom. The summed E-state index contributed by atoms with van der Waals surface area (Å²) in [6.45, 7) is 2.51. The third kappa shape index (κ3) is 3.43. The number of aromatic carboxylic acids is 1. The first-order valence-electron chi connectivity index (χ1n) is 5.39. The number of aliphatic hydroxyl groups is 1. The van der Waals surface area contributed by atoms with Gasteiger partial charge in [-0.3, -0.25) is 0 Å². The maximum absolute atomic E-state index is 12.0. The molecule has 1 aromatic carbocycles. The summed E-state index contributed by atoms with van der Waals surface area (Å²) in [6, 6.07) is 1.26. The van der Waals surface area contributed by atoms with Gasteiger partial charge in [-0.05, 0) is 31.5 Å². The Morgan fingerprint density at radius 1 is 1.42 bits per heavy atom. The van der Waals surface area contributed by atoms with Gasteiger partial charge in [0.1, 0.15) is 11.3 Å². The molecule has 4 N–H and O–H groups in total. The number of aliphatic hydroxyl groups excluding tert-OH is 1. The Labute approximate surface area is 110 Å². The van der Waals surface area contributed by atoms with Crippen molar-refractivity contribution in [2.24, 2.45) is 0 Å². The van der Waals surface area contributed by atoms with Gasteiger partial charge in [-0.1, -0.05) is 0 Å². The van der Waals surface area contributed by atoms with Crippen molar-refractivity contribution in [3.8, 4) is 5.75 Å². The van der Waals surface area contributed by atoms with Gasteiger partial charge in [0, 0.05) is 6.04 Å². The van der Waals surface area contributed by atoms with Crippen LogP contribution in [-0.2, 0) is 10.0 Å². The number of rotatable bonds is 5. The minimum atomic E-state index is -3.96. The zero-order valence-corrected chi connectivity index (χ0v) is 11.2. The average molecular weight is 289 g/mol. The lowest BCUT2D eigenvalue weighted by molar-refractivity contribution is 0.0693. The zero-order chi connectivity index (χ0) is 14.8. The van der Waals surface area contributed by atoms with Gasteiger partial charge in [-0.25, -0.2) is 17.9 Å². The molecule has 1 aromatic rings. The summed E-state index contributed by atoms with van der Waals surface area (Å²) in [4.78, 5) is 10.6. The smallest absolute Gasteiger partial charge is 0.339 e. The molecule has 0 radical (unpaired) electrons. The number of phenols is 1. The lowest BCUT2D eigenvalue weighted by atomic mass is 10.1. The van der Waals surface area contributed by atoms with Crippen molar-refractivity contribution in [1.29, 1.82) is 0 Å². The average Bonchev–Trinajstić information content (AvgIpc) is 2.27.